The fourth-order valence-electron chi connectivity index (χ4n) is 1.34. The van der Waals surface area contributed by atoms with Gasteiger partial charge in [-0.2, -0.15) is 0 Å². The van der Waals surface area contributed by atoms with E-state index >= 15 is 0 Å². The van der Waals surface area contributed by atoms with Crippen molar-refractivity contribution < 1.29 is 13.5 Å². The second-order valence-electron chi connectivity index (χ2n) is 3.57. The molecule has 1 atom stereocenters. The molecule has 0 aromatic rings. The Morgan fingerprint density at radius 3 is 2.80 bits per heavy atom. The third kappa shape index (κ3) is 3.64. The highest BCUT2D eigenvalue weighted by Gasteiger charge is 2.16. The van der Waals surface area contributed by atoms with E-state index in [4.69, 9.17) is 5.11 Å². The molecule has 0 aromatic heterocycles. The van der Waals surface area contributed by atoms with Gasteiger partial charge in [0.2, 0.25) is 0 Å². The zero-order valence-electron chi connectivity index (χ0n) is 8.76. The van der Waals surface area contributed by atoms with Crippen molar-refractivity contribution >= 4 is 9.84 Å². The average Bonchev–Trinajstić information content (AvgIpc) is 2.40. The number of hydrogen-bond acceptors (Lipinski definition) is 3. The Labute approximate surface area is 90.7 Å². The monoisotopic (exact) mass is 228 g/mol. The quantitative estimate of drug-likeness (QED) is 0.792. The molecule has 0 bridgehead atoms. The van der Waals surface area contributed by atoms with Gasteiger partial charge in [-0.15, -0.1) is 0 Å². The van der Waals surface area contributed by atoms with Gasteiger partial charge in [0, 0.05) is 6.61 Å². The van der Waals surface area contributed by atoms with Gasteiger partial charge in [0.05, 0.1) is 10.7 Å². The van der Waals surface area contributed by atoms with Crippen LogP contribution in [0.2, 0.25) is 0 Å². The van der Waals surface area contributed by atoms with E-state index in [0.29, 0.717) is 4.91 Å². The molecule has 0 saturated carbocycles. The molecule has 0 heterocycles. The van der Waals surface area contributed by atoms with Crippen molar-refractivity contribution in [2.45, 2.75) is 13.3 Å². The molecule has 1 rings (SSSR count). The highest BCUT2D eigenvalue weighted by molar-refractivity contribution is 7.95. The van der Waals surface area contributed by atoms with E-state index in [1.54, 1.807) is 18.2 Å². The Bertz CT molecular complexity index is 388. The Hall–Kier alpha value is -0.870. The number of aliphatic hydroxyl groups is 1. The summed E-state index contributed by atoms with van der Waals surface area (Å²) >= 11 is 0. The van der Waals surface area contributed by atoms with Crippen LogP contribution in [0.5, 0.6) is 0 Å². The van der Waals surface area contributed by atoms with Crippen LogP contribution in [0.1, 0.15) is 13.3 Å². The average molecular weight is 228 g/mol. The number of rotatable bonds is 4. The first kappa shape index (κ1) is 12.2. The van der Waals surface area contributed by atoms with Crippen LogP contribution < -0.4 is 0 Å². The maximum Gasteiger partial charge on any atom is 0.178 e. The van der Waals surface area contributed by atoms with Gasteiger partial charge in [0.25, 0.3) is 0 Å². The number of hydrogen-bond donors (Lipinski definition) is 1. The minimum Gasteiger partial charge on any atom is -0.396 e. The normalized spacial score (nSPS) is 21.2. The summed E-state index contributed by atoms with van der Waals surface area (Å²) in [5.41, 5.74) is 0. The Kier molecular flexibility index (Phi) is 4.29. The Morgan fingerprint density at radius 1 is 1.40 bits per heavy atom. The second-order valence-corrected chi connectivity index (χ2v) is 5.68. The second kappa shape index (κ2) is 5.28. The molecule has 15 heavy (non-hydrogen) atoms. The van der Waals surface area contributed by atoms with E-state index < -0.39 is 9.84 Å². The van der Waals surface area contributed by atoms with Gasteiger partial charge < -0.3 is 5.11 Å². The molecule has 1 aliphatic rings. The van der Waals surface area contributed by atoms with Crippen molar-refractivity contribution in [3.63, 3.8) is 0 Å². The lowest BCUT2D eigenvalue weighted by molar-refractivity contribution is 0.295. The van der Waals surface area contributed by atoms with Gasteiger partial charge in [-0.1, -0.05) is 31.2 Å². The number of aliphatic hydroxyl groups excluding tert-OH is 1. The summed E-state index contributed by atoms with van der Waals surface area (Å²) in [4.78, 5) is 0.355. The first-order valence-electron chi connectivity index (χ1n) is 4.96. The largest absolute Gasteiger partial charge is 0.396 e. The number of allylic oxidation sites excluding steroid dienone is 5. The Balaban J connectivity index is 2.87. The lowest BCUT2D eigenvalue weighted by Crippen LogP contribution is -2.10. The lowest BCUT2D eigenvalue weighted by Gasteiger charge is -2.05. The standard InChI is InChI=1S/C11H16O3S/c1-10-5-2-3-6-11(9-10)15(13,14)8-4-7-12/h2-3,5-6,9-10,12H,4,7-8H2,1H3. The first-order valence-corrected chi connectivity index (χ1v) is 6.62. The molecule has 0 aromatic carbocycles. The highest BCUT2D eigenvalue weighted by Crippen LogP contribution is 2.17. The van der Waals surface area contributed by atoms with Gasteiger partial charge in [0.1, 0.15) is 0 Å². The van der Waals surface area contributed by atoms with Crippen molar-refractivity contribution in [2.24, 2.45) is 5.92 Å². The molecule has 0 aliphatic heterocycles. The SMILES string of the molecule is CC1C=CC=CC(S(=O)(=O)CCCO)=C1. The van der Waals surface area contributed by atoms with E-state index in [1.807, 2.05) is 19.1 Å². The molecule has 3 nitrogen and oxygen atoms in total. The fourth-order valence-corrected chi connectivity index (χ4v) is 2.79. The van der Waals surface area contributed by atoms with Gasteiger partial charge in [-0.25, -0.2) is 8.42 Å². The van der Waals surface area contributed by atoms with E-state index in [1.165, 1.54) is 0 Å². The molecule has 0 amide bonds. The van der Waals surface area contributed by atoms with Crippen LogP contribution in [0.3, 0.4) is 0 Å². The van der Waals surface area contributed by atoms with Crippen LogP contribution in [0.4, 0.5) is 0 Å². The summed E-state index contributed by atoms with van der Waals surface area (Å²) in [6, 6.07) is 0. The van der Waals surface area contributed by atoms with Crippen molar-refractivity contribution in [3.05, 3.63) is 35.3 Å². The summed E-state index contributed by atoms with van der Waals surface area (Å²) in [7, 11) is -3.23. The molecule has 0 spiro atoms. The van der Waals surface area contributed by atoms with Crippen LogP contribution in [0.15, 0.2) is 35.3 Å². The summed E-state index contributed by atoms with van der Waals surface area (Å²) in [5, 5.41) is 8.62. The summed E-state index contributed by atoms with van der Waals surface area (Å²) in [6.07, 6.45) is 9.13. The maximum atomic E-state index is 11.8. The minimum absolute atomic E-state index is 0.00634. The molecule has 4 heteroatoms. The minimum atomic E-state index is -3.23. The van der Waals surface area contributed by atoms with Gasteiger partial charge >= 0.3 is 0 Å². The third-order valence-electron chi connectivity index (χ3n) is 2.14. The van der Waals surface area contributed by atoms with Crippen LogP contribution >= 0.6 is 0 Å². The molecule has 0 radical (unpaired) electrons. The van der Waals surface area contributed by atoms with E-state index in [9.17, 15) is 8.42 Å². The van der Waals surface area contributed by atoms with Gasteiger partial charge in [0.15, 0.2) is 9.84 Å². The highest BCUT2D eigenvalue weighted by atomic mass is 32.2. The van der Waals surface area contributed by atoms with E-state index in [-0.39, 0.29) is 24.7 Å². The van der Waals surface area contributed by atoms with Gasteiger partial charge in [-0.05, 0) is 18.4 Å². The van der Waals surface area contributed by atoms with E-state index in [0.717, 1.165) is 0 Å². The molecule has 1 aliphatic carbocycles. The zero-order chi connectivity index (χ0) is 11.3. The molecule has 0 saturated heterocycles. The van der Waals surface area contributed by atoms with Crippen molar-refractivity contribution in [1.82, 2.24) is 0 Å². The van der Waals surface area contributed by atoms with Gasteiger partial charge in [-0.3, -0.25) is 0 Å². The lowest BCUT2D eigenvalue weighted by atomic mass is 10.2. The summed E-state index contributed by atoms with van der Waals surface area (Å²) in [6.45, 7) is 1.84. The first-order chi connectivity index (χ1) is 7.06. The molecule has 1 N–H and O–H groups in total. The van der Waals surface area contributed by atoms with Crippen LogP contribution in [0, 0.1) is 5.92 Å². The number of sulfone groups is 1. The maximum absolute atomic E-state index is 11.8. The predicted octanol–water partition coefficient (Wildman–Crippen LogP) is 1.43. The third-order valence-corrected chi connectivity index (χ3v) is 3.96. The zero-order valence-corrected chi connectivity index (χ0v) is 9.57. The fraction of sp³-hybridized carbons (Fsp3) is 0.455. The smallest absolute Gasteiger partial charge is 0.178 e. The molecular weight excluding hydrogens is 212 g/mol. The topological polar surface area (TPSA) is 54.4 Å². The molecular formula is C11H16O3S. The Morgan fingerprint density at radius 2 is 2.13 bits per heavy atom. The molecule has 84 valence electrons. The predicted molar refractivity (Wildman–Crippen MR) is 61.0 cm³/mol. The van der Waals surface area contributed by atoms with Crippen LogP contribution in [-0.4, -0.2) is 25.9 Å². The van der Waals surface area contributed by atoms with Crippen molar-refractivity contribution in [2.75, 3.05) is 12.4 Å². The molecule has 0 fully saturated rings. The van der Waals surface area contributed by atoms with Crippen molar-refractivity contribution in [3.8, 4) is 0 Å². The molecule has 1 unspecified atom stereocenters. The van der Waals surface area contributed by atoms with Crippen molar-refractivity contribution in [1.29, 1.82) is 0 Å². The van der Waals surface area contributed by atoms with Crippen LogP contribution in [0.25, 0.3) is 0 Å². The van der Waals surface area contributed by atoms with E-state index in [2.05, 4.69) is 0 Å². The summed E-state index contributed by atoms with van der Waals surface area (Å²) in [5.74, 6) is 0.130. The summed E-state index contributed by atoms with van der Waals surface area (Å²) < 4.78 is 23.6. The van der Waals surface area contributed by atoms with Crippen LogP contribution in [-0.2, 0) is 9.84 Å².